The van der Waals surface area contributed by atoms with E-state index in [0.29, 0.717) is 13.2 Å². The van der Waals surface area contributed by atoms with Gasteiger partial charge in [0, 0.05) is 33.3 Å². The molecule has 0 aliphatic rings. The molecule has 1 rings (SSSR count). The first kappa shape index (κ1) is 17.2. The van der Waals surface area contributed by atoms with Crippen LogP contribution in [0.25, 0.3) is 0 Å². The van der Waals surface area contributed by atoms with E-state index in [0.717, 1.165) is 42.3 Å². The van der Waals surface area contributed by atoms with Crippen LogP contribution in [0.3, 0.4) is 0 Å². The van der Waals surface area contributed by atoms with Gasteiger partial charge in [-0.25, -0.2) is 0 Å². The Morgan fingerprint density at radius 3 is 2.80 bits per heavy atom. The van der Waals surface area contributed by atoms with Gasteiger partial charge in [-0.3, -0.25) is 0 Å². The lowest BCUT2D eigenvalue weighted by molar-refractivity contribution is 0.199. The summed E-state index contributed by atoms with van der Waals surface area (Å²) in [5.74, 6) is 0. The normalized spacial score (nSPS) is 10.8. The van der Waals surface area contributed by atoms with Crippen molar-refractivity contribution in [1.29, 1.82) is 0 Å². The molecule has 114 valence electrons. The number of hydrogen-bond donors (Lipinski definition) is 2. The van der Waals surface area contributed by atoms with Crippen LogP contribution in [0.5, 0.6) is 0 Å². The van der Waals surface area contributed by atoms with Crippen molar-refractivity contribution in [1.82, 2.24) is 5.32 Å². The number of ether oxygens (including phenoxy) is 1. The number of methoxy groups -OCH3 is 1. The number of nitrogens with one attached hydrogen (secondary N) is 1. The molecule has 0 heterocycles. The molecule has 0 bridgehead atoms. The van der Waals surface area contributed by atoms with Crippen LogP contribution in [0.4, 0.5) is 5.69 Å². The summed E-state index contributed by atoms with van der Waals surface area (Å²) in [6, 6.07) is 5.93. The zero-order valence-electron chi connectivity index (χ0n) is 12.4. The molecule has 0 saturated heterocycles. The molecule has 2 N–H and O–H groups in total. The Kier molecular flexibility index (Phi) is 8.62. The second kappa shape index (κ2) is 10.00. The van der Waals surface area contributed by atoms with Gasteiger partial charge < -0.3 is 20.1 Å². The number of benzene rings is 1. The summed E-state index contributed by atoms with van der Waals surface area (Å²) in [7, 11) is 1.69. The van der Waals surface area contributed by atoms with Crippen molar-refractivity contribution in [2.75, 3.05) is 44.9 Å². The van der Waals surface area contributed by atoms with Gasteiger partial charge >= 0.3 is 0 Å². The van der Waals surface area contributed by atoms with Crippen LogP contribution in [-0.2, 0) is 11.3 Å². The average molecular weight is 301 g/mol. The van der Waals surface area contributed by atoms with Gasteiger partial charge in [0.15, 0.2) is 0 Å². The zero-order chi connectivity index (χ0) is 14.8. The summed E-state index contributed by atoms with van der Waals surface area (Å²) in [6.45, 7) is 5.96. The Hall–Kier alpha value is -0.810. The van der Waals surface area contributed by atoms with Crippen LogP contribution < -0.4 is 10.2 Å². The molecule has 0 atom stereocenters. The number of nitrogens with zero attached hydrogens (tertiary/aromatic N) is 1. The number of aliphatic hydroxyl groups excluding tert-OH is 1. The third kappa shape index (κ3) is 5.29. The minimum absolute atomic E-state index is 0.127. The van der Waals surface area contributed by atoms with E-state index in [-0.39, 0.29) is 6.61 Å². The molecule has 0 radical (unpaired) electrons. The molecule has 0 amide bonds. The van der Waals surface area contributed by atoms with Crippen LogP contribution in [-0.4, -0.2) is 45.1 Å². The molecule has 4 nitrogen and oxygen atoms in total. The van der Waals surface area contributed by atoms with Crippen molar-refractivity contribution in [3.05, 3.63) is 28.8 Å². The summed E-state index contributed by atoms with van der Waals surface area (Å²) in [5.41, 5.74) is 2.17. The largest absolute Gasteiger partial charge is 0.395 e. The minimum Gasteiger partial charge on any atom is -0.395 e. The van der Waals surface area contributed by atoms with Crippen LogP contribution in [0.15, 0.2) is 18.2 Å². The predicted octanol–water partition coefficient (Wildman–Crippen LogP) is 2.28. The number of halogens is 1. The maximum atomic E-state index is 9.24. The molecule has 0 aliphatic carbocycles. The third-order valence-corrected chi connectivity index (χ3v) is 3.35. The van der Waals surface area contributed by atoms with Gasteiger partial charge in [0.05, 0.1) is 23.9 Å². The van der Waals surface area contributed by atoms with Gasteiger partial charge in [-0.15, -0.1) is 0 Å². The molecule has 5 heteroatoms. The van der Waals surface area contributed by atoms with Gasteiger partial charge in [0.2, 0.25) is 0 Å². The van der Waals surface area contributed by atoms with E-state index in [9.17, 15) is 5.11 Å². The molecule has 0 saturated carbocycles. The van der Waals surface area contributed by atoms with Crippen LogP contribution in [0.1, 0.15) is 18.9 Å². The average Bonchev–Trinajstić information content (AvgIpc) is 2.44. The second-order valence-corrected chi connectivity index (χ2v) is 5.03. The maximum absolute atomic E-state index is 9.24. The standard InChI is InChI=1S/C15H25ClN2O2/c1-3-8-18(9-10-19)15-13(5-4-6-14(15)16)12-17-7-11-20-2/h4-6,17,19H,3,7-12H2,1-2H3. The van der Waals surface area contributed by atoms with E-state index in [2.05, 4.69) is 23.2 Å². The lowest BCUT2D eigenvalue weighted by Gasteiger charge is -2.27. The lowest BCUT2D eigenvalue weighted by Crippen LogP contribution is -2.29. The van der Waals surface area contributed by atoms with Crippen molar-refractivity contribution in [3.8, 4) is 0 Å². The molecular formula is C15H25ClN2O2. The third-order valence-electron chi connectivity index (χ3n) is 3.05. The van der Waals surface area contributed by atoms with Crippen molar-refractivity contribution < 1.29 is 9.84 Å². The van der Waals surface area contributed by atoms with E-state index in [1.54, 1.807) is 7.11 Å². The highest BCUT2D eigenvalue weighted by molar-refractivity contribution is 6.33. The summed E-state index contributed by atoms with van der Waals surface area (Å²) in [5, 5.41) is 13.3. The highest BCUT2D eigenvalue weighted by Crippen LogP contribution is 2.30. The van der Waals surface area contributed by atoms with Crippen molar-refractivity contribution >= 4 is 17.3 Å². The Labute approximate surface area is 126 Å². The van der Waals surface area contributed by atoms with Gasteiger partial charge in [-0.05, 0) is 18.1 Å². The monoisotopic (exact) mass is 300 g/mol. The number of para-hydroxylation sites is 1. The van der Waals surface area contributed by atoms with E-state index in [4.69, 9.17) is 16.3 Å². The Morgan fingerprint density at radius 2 is 2.15 bits per heavy atom. The first-order chi connectivity index (χ1) is 9.74. The quantitative estimate of drug-likeness (QED) is 0.651. The molecule has 20 heavy (non-hydrogen) atoms. The van der Waals surface area contributed by atoms with Gasteiger partial charge in [-0.1, -0.05) is 30.7 Å². The number of aliphatic hydroxyl groups is 1. The molecule has 1 aromatic carbocycles. The molecule has 0 aromatic heterocycles. The second-order valence-electron chi connectivity index (χ2n) is 4.63. The summed E-state index contributed by atoms with van der Waals surface area (Å²) >= 11 is 6.36. The number of hydrogen-bond acceptors (Lipinski definition) is 4. The fourth-order valence-electron chi connectivity index (χ4n) is 2.18. The Balaban J connectivity index is 2.84. The van der Waals surface area contributed by atoms with E-state index in [1.165, 1.54) is 0 Å². The number of anilines is 1. The van der Waals surface area contributed by atoms with Gasteiger partial charge in [0.25, 0.3) is 0 Å². The van der Waals surface area contributed by atoms with Gasteiger partial charge in [-0.2, -0.15) is 0 Å². The minimum atomic E-state index is 0.127. The fourth-order valence-corrected chi connectivity index (χ4v) is 2.49. The van der Waals surface area contributed by atoms with E-state index < -0.39 is 0 Å². The van der Waals surface area contributed by atoms with E-state index in [1.807, 2.05) is 12.1 Å². The first-order valence-corrected chi connectivity index (χ1v) is 7.45. The molecule has 0 fully saturated rings. The highest BCUT2D eigenvalue weighted by atomic mass is 35.5. The lowest BCUT2D eigenvalue weighted by atomic mass is 10.1. The zero-order valence-corrected chi connectivity index (χ0v) is 13.1. The molecule has 0 unspecified atom stereocenters. The molecule has 0 aliphatic heterocycles. The number of rotatable bonds is 10. The van der Waals surface area contributed by atoms with Crippen molar-refractivity contribution in [2.45, 2.75) is 19.9 Å². The predicted molar refractivity (Wildman–Crippen MR) is 84.6 cm³/mol. The summed E-state index contributed by atoms with van der Waals surface area (Å²) in [4.78, 5) is 2.15. The SMILES string of the molecule is CCCN(CCO)c1c(Cl)cccc1CNCCOC. The van der Waals surface area contributed by atoms with E-state index >= 15 is 0 Å². The van der Waals surface area contributed by atoms with Crippen molar-refractivity contribution in [3.63, 3.8) is 0 Å². The smallest absolute Gasteiger partial charge is 0.0642 e. The highest BCUT2D eigenvalue weighted by Gasteiger charge is 2.13. The van der Waals surface area contributed by atoms with Crippen LogP contribution in [0.2, 0.25) is 5.02 Å². The summed E-state index contributed by atoms with van der Waals surface area (Å²) < 4.78 is 5.03. The Morgan fingerprint density at radius 1 is 1.35 bits per heavy atom. The van der Waals surface area contributed by atoms with Crippen molar-refractivity contribution in [2.24, 2.45) is 0 Å². The van der Waals surface area contributed by atoms with Gasteiger partial charge in [0.1, 0.15) is 0 Å². The topological polar surface area (TPSA) is 44.7 Å². The molecule has 0 spiro atoms. The van der Waals surface area contributed by atoms with Crippen LogP contribution in [0, 0.1) is 0 Å². The molecular weight excluding hydrogens is 276 g/mol. The molecule has 1 aromatic rings. The summed E-state index contributed by atoms with van der Waals surface area (Å²) in [6.07, 6.45) is 1.02. The first-order valence-electron chi connectivity index (χ1n) is 7.07. The maximum Gasteiger partial charge on any atom is 0.0642 e. The van der Waals surface area contributed by atoms with Crippen LogP contribution >= 0.6 is 11.6 Å². The fraction of sp³-hybridized carbons (Fsp3) is 0.600. The Bertz CT molecular complexity index is 382.